The number of nitrogens with zero attached hydrogens (tertiary/aromatic N) is 2. The quantitative estimate of drug-likeness (QED) is 0.796. The lowest BCUT2D eigenvalue weighted by atomic mass is 10.2. The molecule has 0 atom stereocenters. The predicted molar refractivity (Wildman–Crippen MR) is 65.8 cm³/mol. The zero-order chi connectivity index (χ0) is 12.4. The number of aromatic nitrogens is 1. The van der Waals surface area contributed by atoms with Gasteiger partial charge in [0.15, 0.2) is 0 Å². The SMILES string of the molecule is CC(=O)N(C)c1oc(-c2ccccc2)nc1C. The highest BCUT2D eigenvalue weighted by atomic mass is 16.4. The molecule has 1 heterocycles. The molecule has 0 aliphatic rings. The number of rotatable bonds is 2. The second kappa shape index (κ2) is 4.41. The molecule has 2 rings (SSSR count). The van der Waals surface area contributed by atoms with Gasteiger partial charge in [0.1, 0.15) is 5.69 Å². The number of oxazole rings is 1. The van der Waals surface area contributed by atoms with Crippen molar-refractivity contribution in [1.82, 2.24) is 4.98 Å². The minimum absolute atomic E-state index is 0.0798. The van der Waals surface area contributed by atoms with E-state index in [2.05, 4.69) is 4.98 Å². The molecule has 0 unspecified atom stereocenters. The third-order valence-electron chi connectivity index (χ3n) is 2.57. The van der Waals surface area contributed by atoms with Crippen molar-refractivity contribution in [3.63, 3.8) is 0 Å². The number of hydrogen-bond acceptors (Lipinski definition) is 3. The Kier molecular flexibility index (Phi) is 2.95. The largest absolute Gasteiger partial charge is 0.420 e. The predicted octanol–water partition coefficient (Wildman–Crippen LogP) is 2.63. The van der Waals surface area contributed by atoms with Crippen molar-refractivity contribution >= 4 is 11.8 Å². The standard InChI is InChI=1S/C13H14N2O2/c1-9-13(15(3)10(2)16)17-12(14-9)11-7-5-4-6-8-11/h4-8H,1-3H3. The lowest BCUT2D eigenvalue weighted by Crippen LogP contribution is -2.22. The average molecular weight is 230 g/mol. The smallest absolute Gasteiger partial charge is 0.229 e. The molecular formula is C13H14N2O2. The Morgan fingerprint density at radius 1 is 1.29 bits per heavy atom. The first kappa shape index (κ1) is 11.4. The molecule has 0 saturated heterocycles. The van der Waals surface area contributed by atoms with E-state index in [4.69, 9.17) is 4.42 Å². The summed E-state index contributed by atoms with van der Waals surface area (Å²) in [5.41, 5.74) is 1.61. The van der Waals surface area contributed by atoms with Crippen molar-refractivity contribution in [3.05, 3.63) is 36.0 Å². The molecule has 0 saturated carbocycles. The maximum atomic E-state index is 11.3. The summed E-state index contributed by atoms with van der Waals surface area (Å²) >= 11 is 0. The van der Waals surface area contributed by atoms with E-state index in [1.54, 1.807) is 7.05 Å². The minimum Gasteiger partial charge on any atom is -0.420 e. The van der Waals surface area contributed by atoms with Gasteiger partial charge < -0.3 is 4.42 Å². The lowest BCUT2D eigenvalue weighted by molar-refractivity contribution is -0.116. The Hall–Kier alpha value is -2.10. The van der Waals surface area contributed by atoms with Gasteiger partial charge in [0.25, 0.3) is 0 Å². The summed E-state index contributed by atoms with van der Waals surface area (Å²) in [4.78, 5) is 17.1. The third kappa shape index (κ3) is 2.20. The van der Waals surface area contributed by atoms with Gasteiger partial charge in [-0.1, -0.05) is 18.2 Å². The van der Waals surface area contributed by atoms with Gasteiger partial charge >= 0.3 is 0 Å². The van der Waals surface area contributed by atoms with Crippen molar-refractivity contribution in [2.75, 3.05) is 11.9 Å². The van der Waals surface area contributed by atoms with Gasteiger partial charge in [-0.05, 0) is 19.1 Å². The number of hydrogen-bond donors (Lipinski definition) is 0. The van der Waals surface area contributed by atoms with E-state index in [1.165, 1.54) is 11.8 Å². The van der Waals surface area contributed by atoms with Crippen molar-refractivity contribution in [1.29, 1.82) is 0 Å². The summed E-state index contributed by atoms with van der Waals surface area (Å²) in [6, 6.07) is 9.61. The number of amides is 1. The Bertz CT molecular complexity index is 532. The molecule has 1 aromatic carbocycles. The highest BCUT2D eigenvalue weighted by Crippen LogP contribution is 2.26. The van der Waals surface area contributed by atoms with E-state index >= 15 is 0 Å². The monoisotopic (exact) mass is 230 g/mol. The van der Waals surface area contributed by atoms with Crippen LogP contribution in [0.15, 0.2) is 34.7 Å². The number of benzene rings is 1. The molecule has 2 aromatic rings. The maximum absolute atomic E-state index is 11.3. The van der Waals surface area contributed by atoms with Crippen molar-refractivity contribution < 1.29 is 9.21 Å². The fourth-order valence-electron chi connectivity index (χ4n) is 1.55. The van der Waals surface area contributed by atoms with Gasteiger partial charge in [-0.25, -0.2) is 4.98 Å². The highest BCUT2D eigenvalue weighted by molar-refractivity contribution is 5.90. The topological polar surface area (TPSA) is 46.3 Å². The van der Waals surface area contributed by atoms with E-state index in [0.717, 1.165) is 5.56 Å². The molecular weight excluding hydrogens is 216 g/mol. The van der Waals surface area contributed by atoms with Crippen molar-refractivity contribution in [2.45, 2.75) is 13.8 Å². The second-order valence-corrected chi connectivity index (χ2v) is 3.85. The molecule has 0 fully saturated rings. The van der Waals surface area contributed by atoms with E-state index in [9.17, 15) is 4.79 Å². The Morgan fingerprint density at radius 3 is 2.53 bits per heavy atom. The van der Waals surface area contributed by atoms with Gasteiger partial charge in [-0.3, -0.25) is 9.69 Å². The Labute approximate surface area is 99.9 Å². The fourth-order valence-corrected chi connectivity index (χ4v) is 1.55. The molecule has 4 nitrogen and oxygen atoms in total. The molecule has 0 aliphatic carbocycles. The molecule has 0 aliphatic heterocycles. The summed E-state index contributed by atoms with van der Waals surface area (Å²) in [6.07, 6.45) is 0. The maximum Gasteiger partial charge on any atom is 0.229 e. The number of aryl methyl sites for hydroxylation is 1. The first-order valence-corrected chi connectivity index (χ1v) is 5.36. The number of carbonyl (C=O) groups is 1. The van der Waals surface area contributed by atoms with Crippen LogP contribution in [0.25, 0.3) is 11.5 Å². The Morgan fingerprint density at radius 2 is 1.94 bits per heavy atom. The average Bonchev–Trinajstić information content (AvgIpc) is 2.71. The Balaban J connectivity index is 2.41. The van der Waals surface area contributed by atoms with E-state index < -0.39 is 0 Å². The zero-order valence-corrected chi connectivity index (χ0v) is 10.1. The summed E-state index contributed by atoms with van der Waals surface area (Å²) in [5.74, 6) is 0.950. The van der Waals surface area contributed by atoms with Crippen LogP contribution in [0.2, 0.25) is 0 Å². The van der Waals surface area contributed by atoms with Crippen LogP contribution in [0, 0.1) is 6.92 Å². The molecule has 0 N–H and O–H groups in total. The van der Waals surface area contributed by atoms with Gasteiger partial charge in [0.05, 0.1) is 0 Å². The van der Waals surface area contributed by atoms with Gasteiger partial charge in [-0.2, -0.15) is 0 Å². The molecule has 4 heteroatoms. The van der Waals surface area contributed by atoms with E-state index in [1.807, 2.05) is 37.3 Å². The highest BCUT2D eigenvalue weighted by Gasteiger charge is 2.17. The van der Waals surface area contributed by atoms with Crippen LogP contribution in [0.4, 0.5) is 5.88 Å². The van der Waals surface area contributed by atoms with Crippen LogP contribution >= 0.6 is 0 Å². The van der Waals surface area contributed by atoms with E-state index in [-0.39, 0.29) is 5.91 Å². The summed E-state index contributed by atoms with van der Waals surface area (Å²) in [5, 5.41) is 0. The van der Waals surface area contributed by atoms with Crippen LogP contribution in [0.1, 0.15) is 12.6 Å². The molecule has 0 radical (unpaired) electrons. The van der Waals surface area contributed by atoms with Crippen LogP contribution in [-0.4, -0.2) is 17.9 Å². The first-order chi connectivity index (χ1) is 8.09. The van der Waals surface area contributed by atoms with Crippen molar-refractivity contribution in [2.24, 2.45) is 0 Å². The molecule has 1 aromatic heterocycles. The first-order valence-electron chi connectivity index (χ1n) is 5.36. The third-order valence-corrected chi connectivity index (χ3v) is 2.57. The van der Waals surface area contributed by atoms with Crippen molar-refractivity contribution in [3.8, 4) is 11.5 Å². The van der Waals surface area contributed by atoms with Crippen LogP contribution in [-0.2, 0) is 4.79 Å². The van der Waals surface area contributed by atoms with Crippen LogP contribution in [0.3, 0.4) is 0 Å². The molecule has 0 bridgehead atoms. The number of anilines is 1. The van der Waals surface area contributed by atoms with Crippen LogP contribution < -0.4 is 4.90 Å². The van der Waals surface area contributed by atoms with Crippen LogP contribution in [0.5, 0.6) is 0 Å². The lowest BCUT2D eigenvalue weighted by Gasteiger charge is -2.10. The number of carbonyl (C=O) groups excluding carboxylic acids is 1. The zero-order valence-electron chi connectivity index (χ0n) is 10.1. The van der Waals surface area contributed by atoms with Gasteiger partial charge in [-0.15, -0.1) is 0 Å². The molecule has 1 amide bonds. The summed E-state index contributed by atoms with van der Waals surface area (Å²) in [7, 11) is 1.67. The normalized spacial score (nSPS) is 10.3. The molecule has 17 heavy (non-hydrogen) atoms. The van der Waals surface area contributed by atoms with Gasteiger partial charge in [0, 0.05) is 19.5 Å². The summed E-state index contributed by atoms with van der Waals surface area (Å²) in [6.45, 7) is 3.31. The fraction of sp³-hybridized carbons (Fsp3) is 0.231. The molecule has 0 spiro atoms. The molecule has 88 valence electrons. The van der Waals surface area contributed by atoms with E-state index in [0.29, 0.717) is 17.5 Å². The van der Waals surface area contributed by atoms with Gasteiger partial charge in [0.2, 0.25) is 17.7 Å². The minimum atomic E-state index is -0.0798. The second-order valence-electron chi connectivity index (χ2n) is 3.85. The summed E-state index contributed by atoms with van der Waals surface area (Å²) < 4.78 is 5.62.